The molecule has 1 aliphatic heterocycles. The standard InChI is InChI=1S/C12H20N2O/c1-9-5-6-15-11-10(12(2,3)4)7-13-14(11)8-9/h7,9H,5-6,8H2,1-4H3/t9-/m0/s1. The van der Waals surface area contributed by atoms with Crippen molar-refractivity contribution in [1.29, 1.82) is 0 Å². The molecule has 0 bridgehead atoms. The van der Waals surface area contributed by atoms with Gasteiger partial charge in [0.25, 0.3) is 0 Å². The summed E-state index contributed by atoms with van der Waals surface area (Å²) >= 11 is 0. The van der Waals surface area contributed by atoms with Crippen LogP contribution in [0.4, 0.5) is 0 Å². The monoisotopic (exact) mass is 208 g/mol. The Kier molecular flexibility index (Phi) is 2.49. The van der Waals surface area contributed by atoms with Gasteiger partial charge < -0.3 is 4.74 Å². The van der Waals surface area contributed by atoms with Gasteiger partial charge in [-0.15, -0.1) is 0 Å². The van der Waals surface area contributed by atoms with Crippen LogP contribution in [0, 0.1) is 5.92 Å². The fraction of sp³-hybridized carbons (Fsp3) is 0.750. The Morgan fingerprint density at radius 1 is 1.47 bits per heavy atom. The minimum absolute atomic E-state index is 0.112. The van der Waals surface area contributed by atoms with Gasteiger partial charge in [-0.25, -0.2) is 4.68 Å². The molecule has 2 rings (SSSR count). The van der Waals surface area contributed by atoms with E-state index in [1.54, 1.807) is 0 Å². The van der Waals surface area contributed by atoms with Crippen LogP contribution in [0.25, 0.3) is 0 Å². The van der Waals surface area contributed by atoms with Crippen LogP contribution in [0.3, 0.4) is 0 Å². The maximum absolute atomic E-state index is 5.82. The number of fused-ring (bicyclic) bond motifs is 1. The summed E-state index contributed by atoms with van der Waals surface area (Å²) in [6, 6.07) is 0. The van der Waals surface area contributed by atoms with Crippen molar-refractivity contribution in [3.8, 4) is 5.88 Å². The van der Waals surface area contributed by atoms with Crippen LogP contribution in [0.5, 0.6) is 5.88 Å². The highest BCUT2D eigenvalue weighted by Gasteiger charge is 2.25. The lowest BCUT2D eigenvalue weighted by molar-refractivity contribution is 0.288. The van der Waals surface area contributed by atoms with Crippen molar-refractivity contribution in [3.05, 3.63) is 11.8 Å². The molecule has 0 aliphatic carbocycles. The molecular weight excluding hydrogens is 188 g/mol. The average Bonchev–Trinajstić information content (AvgIpc) is 2.40. The first-order chi connectivity index (χ1) is 6.98. The summed E-state index contributed by atoms with van der Waals surface area (Å²) in [5.41, 5.74) is 1.33. The molecule has 0 fully saturated rings. The molecule has 0 amide bonds. The van der Waals surface area contributed by atoms with E-state index in [0.717, 1.165) is 25.5 Å². The van der Waals surface area contributed by atoms with Crippen LogP contribution in [0.15, 0.2) is 6.20 Å². The first-order valence-electron chi connectivity index (χ1n) is 5.67. The second kappa shape index (κ2) is 3.54. The van der Waals surface area contributed by atoms with E-state index in [0.29, 0.717) is 5.92 Å². The number of rotatable bonds is 0. The third-order valence-corrected chi connectivity index (χ3v) is 2.93. The van der Waals surface area contributed by atoms with E-state index in [-0.39, 0.29) is 5.41 Å². The van der Waals surface area contributed by atoms with E-state index in [9.17, 15) is 0 Å². The molecule has 84 valence electrons. The molecule has 0 spiro atoms. The Hall–Kier alpha value is -0.990. The van der Waals surface area contributed by atoms with Crippen molar-refractivity contribution in [1.82, 2.24) is 9.78 Å². The molecule has 15 heavy (non-hydrogen) atoms. The highest BCUT2D eigenvalue weighted by molar-refractivity contribution is 5.31. The Morgan fingerprint density at radius 2 is 2.20 bits per heavy atom. The van der Waals surface area contributed by atoms with Gasteiger partial charge in [0.15, 0.2) is 0 Å². The molecule has 0 unspecified atom stereocenters. The van der Waals surface area contributed by atoms with Crippen LogP contribution in [0.2, 0.25) is 0 Å². The van der Waals surface area contributed by atoms with E-state index in [2.05, 4.69) is 32.8 Å². The zero-order valence-electron chi connectivity index (χ0n) is 10.1. The molecule has 1 aromatic heterocycles. The highest BCUT2D eigenvalue weighted by Crippen LogP contribution is 2.33. The van der Waals surface area contributed by atoms with Gasteiger partial charge in [-0.3, -0.25) is 0 Å². The van der Waals surface area contributed by atoms with Crippen LogP contribution in [-0.4, -0.2) is 16.4 Å². The van der Waals surface area contributed by atoms with E-state index in [4.69, 9.17) is 4.74 Å². The third kappa shape index (κ3) is 2.01. The zero-order valence-corrected chi connectivity index (χ0v) is 10.1. The van der Waals surface area contributed by atoms with Gasteiger partial charge in [-0.2, -0.15) is 5.10 Å². The molecule has 1 aliphatic rings. The number of nitrogens with zero attached hydrogens (tertiary/aromatic N) is 2. The number of hydrogen-bond acceptors (Lipinski definition) is 2. The summed E-state index contributed by atoms with van der Waals surface area (Å²) < 4.78 is 7.83. The smallest absolute Gasteiger partial charge is 0.215 e. The fourth-order valence-corrected chi connectivity index (χ4v) is 1.91. The van der Waals surface area contributed by atoms with E-state index < -0.39 is 0 Å². The summed E-state index contributed by atoms with van der Waals surface area (Å²) in [6.07, 6.45) is 3.07. The fourth-order valence-electron chi connectivity index (χ4n) is 1.91. The van der Waals surface area contributed by atoms with Crippen LogP contribution >= 0.6 is 0 Å². The molecule has 3 heteroatoms. The average molecular weight is 208 g/mol. The summed E-state index contributed by atoms with van der Waals surface area (Å²) in [4.78, 5) is 0. The van der Waals surface area contributed by atoms with E-state index >= 15 is 0 Å². The summed E-state index contributed by atoms with van der Waals surface area (Å²) in [6.45, 7) is 10.6. The Labute approximate surface area is 91.4 Å². The third-order valence-electron chi connectivity index (χ3n) is 2.93. The second-order valence-corrected chi connectivity index (χ2v) is 5.54. The lowest BCUT2D eigenvalue weighted by atomic mass is 9.89. The Bertz CT molecular complexity index is 349. The van der Waals surface area contributed by atoms with Gasteiger partial charge >= 0.3 is 0 Å². The first kappa shape index (κ1) is 10.5. The van der Waals surface area contributed by atoms with Crippen LogP contribution in [0.1, 0.15) is 39.7 Å². The number of hydrogen-bond donors (Lipinski definition) is 0. The topological polar surface area (TPSA) is 27.1 Å². The first-order valence-corrected chi connectivity index (χ1v) is 5.67. The summed E-state index contributed by atoms with van der Waals surface area (Å²) in [5, 5.41) is 4.43. The molecule has 2 heterocycles. The lowest BCUT2D eigenvalue weighted by Gasteiger charge is -2.18. The largest absolute Gasteiger partial charge is 0.478 e. The maximum Gasteiger partial charge on any atom is 0.215 e. The Morgan fingerprint density at radius 3 is 2.87 bits per heavy atom. The van der Waals surface area contributed by atoms with E-state index in [1.807, 2.05) is 10.9 Å². The van der Waals surface area contributed by atoms with Crippen molar-refractivity contribution in [2.24, 2.45) is 5.92 Å². The summed E-state index contributed by atoms with van der Waals surface area (Å²) in [5.74, 6) is 1.63. The molecule has 3 nitrogen and oxygen atoms in total. The molecule has 0 N–H and O–H groups in total. The summed E-state index contributed by atoms with van der Waals surface area (Å²) in [7, 11) is 0. The number of aromatic nitrogens is 2. The normalized spacial score (nSPS) is 21.7. The molecule has 0 radical (unpaired) electrons. The van der Waals surface area contributed by atoms with E-state index in [1.165, 1.54) is 5.56 Å². The SMILES string of the molecule is C[C@H]1CCOc2c(C(C)(C)C)cnn2C1. The van der Waals surface area contributed by atoms with Gasteiger partial charge in [0.1, 0.15) is 0 Å². The molecular formula is C12H20N2O. The molecule has 1 atom stereocenters. The minimum atomic E-state index is 0.112. The second-order valence-electron chi connectivity index (χ2n) is 5.54. The van der Waals surface area contributed by atoms with Crippen molar-refractivity contribution < 1.29 is 4.74 Å². The van der Waals surface area contributed by atoms with Gasteiger partial charge in [0.05, 0.1) is 12.8 Å². The Balaban J connectivity index is 2.38. The predicted octanol–water partition coefficient (Wildman–Crippen LogP) is 2.60. The molecule has 1 aromatic rings. The maximum atomic E-state index is 5.82. The van der Waals surface area contributed by atoms with Crippen molar-refractivity contribution in [2.45, 2.75) is 46.1 Å². The quantitative estimate of drug-likeness (QED) is 0.655. The van der Waals surface area contributed by atoms with Gasteiger partial charge in [-0.05, 0) is 17.8 Å². The number of ether oxygens (including phenoxy) is 1. The van der Waals surface area contributed by atoms with Gasteiger partial charge in [0.2, 0.25) is 5.88 Å². The van der Waals surface area contributed by atoms with Crippen LogP contribution in [-0.2, 0) is 12.0 Å². The molecule has 0 aromatic carbocycles. The molecule has 0 saturated heterocycles. The zero-order chi connectivity index (χ0) is 11.1. The van der Waals surface area contributed by atoms with Crippen molar-refractivity contribution >= 4 is 0 Å². The van der Waals surface area contributed by atoms with Crippen molar-refractivity contribution in [2.75, 3.05) is 6.61 Å². The van der Waals surface area contributed by atoms with Gasteiger partial charge in [-0.1, -0.05) is 27.7 Å². The van der Waals surface area contributed by atoms with Gasteiger partial charge in [0, 0.05) is 12.1 Å². The lowest BCUT2D eigenvalue weighted by Crippen LogP contribution is -2.13. The molecule has 0 saturated carbocycles. The van der Waals surface area contributed by atoms with Crippen LogP contribution < -0.4 is 4.74 Å². The minimum Gasteiger partial charge on any atom is -0.478 e. The van der Waals surface area contributed by atoms with Crippen molar-refractivity contribution in [3.63, 3.8) is 0 Å². The predicted molar refractivity (Wildman–Crippen MR) is 60.2 cm³/mol. The highest BCUT2D eigenvalue weighted by atomic mass is 16.5.